The lowest BCUT2D eigenvalue weighted by molar-refractivity contribution is -0.0112. The highest BCUT2D eigenvalue weighted by Gasteiger charge is 2.47. The fraction of sp³-hybridized carbons (Fsp3) is 0.417. The Balaban J connectivity index is 2.15. The number of ether oxygens (including phenoxy) is 2. The van der Waals surface area contributed by atoms with Crippen LogP contribution < -0.4 is 14.8 Å². The van der Waals surface area contributed by atoms with Crippen molar-refractivity contribution in [1.82, 2.24) is 0 Å². The third kappa shape index (κ3) is 4.11. The monoisotopic (exact) mass is 413 g/mol. The number of hydrogen-bond donors (Lipinski definition) is 4. The van der Waals surface area contributed by atoms with Crippen molar-refractivity contribution in [2.75, 3.05) is 26.1 Å². The molecular weight excluding hydrogens is 382 g/mol. The molecular formula is C24H31NO5. The molecule has 0 saturated heterocycles. The van der Waals surface area contributed by atoms with Gasteiger partial charge in [0.1, 0.15) is 17.2 Å². The van der Waals surface area contributed by atoms with E-state index >= 15 is 0 Å². The Hall–Kier alpha value is -2.70. The molecule has 0 saturated carbocycles. The second kappa shape index (κ2) is 8.20. The van der Waals surface area contributed by atoms with Gasteiger partial charge in [-0.25, -0.2) is 0 Å². The van der Waals surface area contributed by atoms with E-state index in [4.69, 9.17) is 9.47 Å². The minimum Gasteiger partial charge on any atom is -0.508 e. The lowest BCUT2D eigenvalue weighted by Crippen LogP contribution is -2.47. The average molecular weight is 414 g/mol. The van der Waals surface area contributed by atoms with Crippen LogP contribution in [0.25, 0.3) is 5.57 Å². The van der Waals surface area contributed by atoms with Crippen molar-refractivity contribution >= 4 is 11.3 Å². The van der Waals surface area contributed by atoms with E-state index in [1.54, 1.807) is 26.2 Å². The van der Waals surface area contributed by atoms with E-state index < -0.39 is 17.1 Å². The normalized spacial score (nSPS) is 23.2. The molecule has 0 bridgehead atoms. The molecule has 3 rings (SSSR count). The van der Waals surface area contributed by atoms with Crippen molar-refractivity contribution in [1.29, 1.82) is 0 Å². The van der Waals surface area contributed by atoms with Gasteiger partial charge in [0.25, 0.3) is 0 Å². The third-order valence-corrected chi connectivity index (χ3v) is 5.83. The quantitative estimate of drug-likeness (QED) is 0.576. The number of rotatable bonds is 6. The summed E-state index contributed by atoms with van der Waals surface area (Å²) in [6.45, 7) is 5.94. The van der Waals surface area contributed by atoms with Crippen molar-refractivity contribution < 1.29 is 24.8 Å². The van der Waals surface area contributed by atoms with Gasteiger partial charge in [-0.2, -0.15) is 0 Å². The number of phenols is 1. The summed E-state index contributed by atoms with van der Waals surface area (Å²) in [6, 6.07) is 12.3. The smallest absolute Gasteiger partial charge is 0.141 e. The maximum absolute atomic E-state index is 11.4. The summed E-state index contributed by atoms with van der Waals surface area (Å²) in [7, 11) is 3.12. The first-order valence-electron chi connectivity index (χ1n) is 9.99. The van der Waals surface area contributed by atoms with E-state index in [0.29, 0.717) is 41.2 Å². The standard InChI is InChI=1S/C24H31NO5/c1-23(2)14-24(3,28)17(13-25-18-8-6-7-9-19(18)29-4)21(22(23)27)16-11-10-15(26)12-20(16)30-5/h6-12,22,25-28H,13-14H2,1-5H3. The molecule has 0 aromatic heterocycles. The average Bonchev–Trinajstić information content (AvgIpc) is 2.69. The van der Waals surface area contributed by atoms with Crippen LogP contribution in [0.5, 0.6) is 17.2 Å². The maximum Gasteiger partial charge on any atom is 0.141 e. The van der Waals surface area contributed by atoms with Gasteiger partial charge in [0.15, 0.2) is 0 Å². The number of benzene rings is 2. The first-order chi connectivity index (χ1) is 14.1. The lowest BCUT2D eigenvalue weighted by Gasteiger charge is -2.46. The second-order valence-corrected chi connectivity index (χ2v) is 8.67. The molecule has 4 N–H and O–H groups in total. The molecule has 2 atom stereocenters. The Morgan fingerprint density at radius 3 is 2.37 bits per heavy atom. The zero-order valence-electron chi connectivity index (χ0n) is 18.2. The van der Waals surface area contributed by atoms with Crippen LogP contribution in [0.4, 0.5) is 5.69 Å². The minimum absolute atomic E-state index is 0.0706. The van der Waals surface area contributed by atoms with Crippen LogP contribution in [-0.2, 0) is 0 Å². The van der Waals surface area contributed by atoms with Gasteiger partial charge in [-0.3, -0.25) is 0 Å². The third-order valence-electron chi connectivity index (χ3n) is 5.83. The molecule has 162 valence electrons. The Labute approximate surface area is 177 Å². The molecule has 2 aromatic carbocycles. The van der Waals surface area contributed by atoms with Gasteiger partial charge in [-0.1, -0.05) is 26.0 Å². The SMILES string of the molecule is COc1ccccc1NCC1=C(c2ccc(O)cc2OC)C(O)C(C)(C)CC1(C)O. The van der Waals surface area contributed by atoms with Crippen LogP contribution in [-0.4, -0.2) is 47.8 Å². The zero-order valence-corrected chi connectivity index (χ0v) is 18.2. The number of para-hydroxylation sites is 2. The molecule has 0 fully saturated rings. The van der Waals surface area contributed by atoms with Crippen molar-refractivity contribution in [3.05, 3.63) is 53.6 Å². The number of nitrogens with one attached hydrogen (secondary N) is 1. The number of methoxy groups -OCH3 is 2. The van der Waals surface area contributed by atoms with E-state index in [1.165, 1.54) is 13.2 Å². The summed E-state index contributed by atoms with van der Waals surface area (Å²) in [5.41, 5.74) is 0.998. The van der Waals surface area contributed by atoms with Gasteiger partial charge in [0, 0.05) is 18.2 Å². The molecule has 1 aliphatic rings. The van der Waals surface area contributed by atoms with Gasteiger partial charge >= 0.3 is 0 Å². The Kier molecular flexibility index (Phi) is 6.01. The number of aliphatic hydroxyl groups excluding tert-OH is 1. The predicted molar refractivity (Wildman–Crippen MR) is 118 cm³/mol. The zero-order chi connectivity index (χ0) is 22.1. The van der Waals surface area contributed by atoms with E-state index in [9.17, 15) is 15.3 Å². The van der Waals surface area contributed by atoms with Crippen LogP contribution in [0, 0.1) is 5.41 Å². The first-order valence-corrected chi connectivity index (χ1v) is 9.99. The molecule has 0 heterocycles. The topological polar surface area (TPSA) is 91.2 Å². The Morgan fingerprint density at radius 1 is 1.03 bits per heavy atom. The summed E-state index contributed by atoms with van der Waals surface area (Å²) >= 11 is 0. The molecule has 0 amide bonds. The van der Waals surface area contributed by atoms with E-state index in [1.807, 2.05) is 38.1 Å². The van der Waals surface area contributed by atoms with Crippen LogP contribution in [0.3, 0.4) is 0 Å². The minimum atomic E-state index is -1.16. The van der Waals surface area contributed by atoms with Crippen molar-refractivity contribution in [3.8, 4) is 17.2 Å². The fourth-order valence-electron chi connectivity index (χ4n) is 4.41. The van der Waals surface area contributed by atoms with Gasteiger partial charge in [-0.05, 0) is 54.2 Å². The number of aromatic hydroxyl groups is 1. The van der Waals surface area contributed by atoms with E-state index in [2.05, 4.69) is 5.32 Å². The number of hydrogen-bond acceptors (Lipinski definition) is 6. The molecule has 0 aliphatic heterocycles. The summed E-state index contributed by atoms with van der Waals surface area (Å²) in [5.74, 6) is 1.20. The molecule has 0 radical (unpaired) electrons. The van der Waals surface area contributed by atoms with Gasteiger partial charge < -0.3 is 30.1 Å². The van der Waals surface area contributed by atoms with Crippen molar-refractivity contribution in [2.24, 2.45) is 5.41 Å². The maximum atomic E-state index is 11.4. The van der Waals surface area contributed by atoms with Crippen LogP contribution >= 0.6 is 0 Å². The van der Waals surface area contributed by atoms with Crippen LogP contribution in [0.15, 0.2) is 48.0 Å². The van der Waals surface area contributed by atoms with Crippen LogP contribution in [0.2, 0.25) is 0 Å². The number of phenolic OH excluding ortho intramolecular Hbond substituents is 1. The predicted octanol–water partition coefficient (Wildman–Crippen LogP) is 3.82. The summed E-state index contributed by atoms with van der Waals surface area (Å²) in [4.78, 5) is 0. The summed E-state index contributed by atoms with van der Waals surface area (Å²) < 4.78 is 10.9. The molecule has 0 spiro atoms. The Morgan fingerprint density at radius 2 is 1.70 bits per heavy atom. The van der Waals surface area contributed by atoms with Crippen molar-refractivity contribution in [2.45, 2.75) is 38.9 Å². The van der Waals surface area contributed by atoms with Gasteiger partial charge in [0.2, 0.25) is 0 Å². The molecule has 6 heteroatoms. The van der Waals surface area contributed by atoms with Crippen LogP contribution in [0.1, 0.15) is 32.8 Å². The Bertz CT molecular complexity index is 948. The van der Waals surface area contributed by atoms with Gasteiger partial charge in [-0.15, -0.1) is 0 Å². The summed E-state index contributed by atoms with van der Waals surface area (Å²) in [6.07, 6.45) is -0.431. The molecule has 2 aromatic rings. The summed E-state index contributed by atoms with van der Waals surface area (Å²) in [5, 5.41) is 35.9. The van der Waals surface area contributed by atoms with E-state index in [0.717, 1.165) is 5.69 Å². The molecule has 1 aliphatic carbocycles. The first kappa shape index (κ1) is 22.0. The van der Waals surface area contributed by atoms with Gasteiger partial charge in [0.05, 0.1) is 31.6 Å². The number of anilines is 1. The molecule has 30 heavy (non-hydrogen) atoms. The number of aliphatic hydroxyl groups is 2. The highest BCUT2D eigenvalue weighted by Crippen LogP contribution is 2.49. The lowest BCUT2D eigenvalue weighted by atomic mass is 9.64. The second-order valence-electron chi connectivity index (χ2n) is 8.67. The highest BCUT2D eigenvalue weighted by atomic mass is 16.5. The fourth-order valence-corrected chi connectivity index (χ4v) is 4.41. The van der Waals surface area contributed by atoms with E-state index in [-0.39, 0.29) is 5.75 Å². The molecule has 6 nitrogen and oxygen atoms in total. The molecule has 2 unspecified atom stereocenters. The highest BCUT2D eigenvalue weighted by molar-refractivity contribution is 5.80. The largest absolute Gasteiger partial charge is 0.508 e. The van der Waals surface area contributed by atoms with Crippen molar-refractivity contribution in [3.63, 3.8) is 0 Å².